The van der Waals surface area contributed by atoms with Gasteiger partial charge < -0.3 is 15.2 Å². The zero-order valence-corrected chi connectivity index (χ0v) is 15.1. The molecule has 1 aliphatic rings. The van der Waals surface area contributed by atoms with Gasteiger partial charge in [-0.3, -0.25) is 9.78 Å². The fourth-order valence-electron chi connectivity index (χ4n) is 2.86. The molecule has 1 atom stereocenters. The van der Waals surface area contributed by atoms with E-state index in [0.29, 0.717) is 12.2 Å². The van der Waals surface area contributed by atoms with Crippen LogP contribution in [0.4, 0.5) is 13.2 Å². The number of rotatable bonds is 6. The van der Waals surface area contributed by atoms with E-state index in [9.17, 15) is 18.0 Å². The van der Waals surface area contributed by atoms with E-state index in [0.717, 1.165) is 25.0 Å². The second-order valence-electron chi connectivity index (χ2n) is 6.30. The quantitative estimate of drug-likeness (QED) is 0.744. The van der Waals surface area contributed by atoms with Crippen molar-refractivity contribution >= 4 is 11.4 Å². The maximum absolute atomic E-state index is 13.2. The molecule has 0 radical (unpaired) electrons. The lowest BCUT2D eigenvalue weighted by atomic mass is 9.95. The summed E-state index contributed by atoms with van der Waals surface area (Å²) in [5.74, 6) is -0.619. The van der Waals surface area contributed by atoms with Crippen LogP contribution >= 0.6 is 0 Å². The maximum atomic E-state index is 13.2. The van der Waals surface area contributed by atoms with E-state index in [1.165, 1.54) is 18.5 Å². The molecule has 5 nitrogen and oxygen atoms in total. The van der Waals surface area contributed by atoms with Gasteiger partial charge in [0.1, 0.15) is 5.75 Å². The van der Waals surface area contributed by atoms with Crippen molar-refractivity contribution in [2.24, 2.45) is 5.73 Å². The first-order chi connectivity index (χ1) is 13.3. The number of ketones is 1. The second-order valence-corrected chi connectivity index (χ2v) is 6.30. The summed E-state index contributed by atoms with van der Waals surface area (Å²) in [5, 5.41) is 0. The molecule has 0 aliphatic carbocycles. The van der Waals surface area contributed by atoms with Crippen LogP contribution in [0.5, 0.6) is 5.75 Å². The fourth-order valence-corrected chi connectivity index (χ4v) is 2.86. The lowest BCUT2D eigenvalue weighted by Crippen LogP contribution is -2.12. The summed E-state index contributed by atoms with van der Waals surface area (Å²) in [6.45, 7) is 2.27. The molecule has 0 fully saturated rings. The lowest BCUT2D eigenvalue weighted by Gasteiger charge is -2.15. The van der Waals surface area contributed by atoms with Crippen molar-refractivity contribution in [2.75, 3.05) is 6.61 Å². The van der Waals surface area contributed by atoms with Crippen LogP contribution in [-0.4, -0.2) is 17.4 Å². The van der Waals surface area contributed by atoms with Crippen LogP contribution in [0.3, 0.4) is 0 Å². The third-order valence-electron chi connectivity index (χ3n) is 4.29. The molecule has 0 saturated carbocycles. The Morgan fingerprint density at radius 1 is 1.29 bits per heavy atom. The summed E-state index contributed by atoms with van der Waals surface area (Å²) in [5.41, 5.74) is 5.31. The Balaban J connectivity index is 2.02. The average molecular weight is 392 g/mol. The topological polar surface area (TPSA) is 74.4 Å². The smallest absolute Gasteiger partial charge is 0.416 e. The number of Topliss-reactive ketones (excluding diaryl/α,β-unsaturated/α-hetero) is 1. The Morgan fingerprint density at radius 3 is 2.71 bits per heavy atom. The summed E-state index contributed by atoms with van der Waals surface area (Å²) in [6, 6.07) is 6.26. The van der Waals surface area contributed by atoms with Crippen molar-refractivity contribution in [1.82, 2.24) is 4.98 Å². The molecule has 8 heteroatoms. The summed E-state index contributed by atoms with van der Waals surface area (Å²) < 4.78 is 50.7. The number of nitrogens with zero attached hydrogens (tertiary/aromatic N) is 1. The Labute approximate surface area is 160 Å². The van der Waals surface area contributed by atoms with E-state index in [-0.39, 0.29) is 22.8 Å². The molecule has 148 valence electrons. The predicted molar refractivity (Wildman–Crippen MR) is 96.0 cm³/mol. The summed E-state index contributed by atoms with van der Waals surface area (Å²) in [4.78, 5) is 16.9. The molecule has 0 bridgehead atoms. The van der Waals surface area contributed by atoms with Gasteiger partial charge in [0.15, 0.2) is 12.0 Å². The minimum atomic E-state index is -4.57. The number of alkyl halides is 3. The highest BCUT2D eigenvalue weighted by atomic mass is 19.4. The number of hydrogen-bond acceptors (Lipinski definition) is 5. The van der Waals surface area contributed by atoms with Gasteiger partial charge in [-0.15, -0.1) is 0 Å². The second kappa shape index (κ2) is 7.92. The number of carbonyl (C=O) groups is 1. The molecular weight excluding hydrogens is 373 g/mol. The third kappa shape index (κ3) is 3.95. The number of benzene rings is 1. The molecule has 1 aromatic heterocycles. The number of carbonyl (C=O) groups excluding carboxylic acids is 1. The van der Waals surface area contributed by atoms with Crippen LogP contribution in [0.1, 0.15) is 42.6 Å². The van der Waals surface area contributed by atoms with Gasteiger partial charge in [-0.05, 0) is 30.7 Å². The van der Waals surface area contributed by atoms with Crippen LogP contribution in [0.25, 0.3) is 5.57 Å². The monoisotopic (exact) mass is 392 g/mol. The molecule has 0 amide bonds. The van der Waals surface area contributed by atoms with Gasteiger partial charge in [0, 0.05) is 23.5 Å². The molecule has 3 rings (SSSR count). The Bertz CT molecular complexity index is 895. The van der Waals surface area contributed by atoms with Crippen molar-refractivity contribution in [2.45, 2.75) is 32.0 Å². The minimum Gasteiger partial charge on any atom is -0.493 e. The minimum absolute atomic E-state index is 0.0279. The lowest BCUT2D eigenvalue weighted by molar-refractivity contribution is -0.137. The Kier molecular flexibility index (Phi) is 5.58. The van der Waals surface area contributed by atoms with Crippen LogP contribution in [0.2, 0.25) is 0 Å². The number of nitrogens with two attached hydrogens (primary N) is 1. The van der Waals surface area contributed by atoms with Crippen LogP contribution in [0.15, 0.2) is 48.6 Å². The van der Waals surface area contributed by atoms with Crippen LogP contribution in [0, 0.1) is 0 Å². The molecule has 0 spiro atoms. The zero-order chi connectivity index (χ0) is 20.3. The maximum Gasteiger partial charge on any atom is 0.416 e. The number of pyridine rings is 1. The van der Waals surface area contributed by atoms with E-state index < -0.39 is 23.6 Å². The largest absolute Gasteiger partial charge is 0.493 e. The molecule has 1 aliphatic heterocycles. The van der Waals surface area contributed by atoms with Crippen molar-refractivity contribution in [3.05, 3.63) is 65.3 Å². The number of unbranched alkanes of at least 4 members (excludes halogenated alkanes) is 1. The zero-order valence-electron chi connectivity index (χ0n) is 15.1. The van der Waals surface area contributed by atoms with E-state index >= 15 is 0 Å². The SMILES string of the molecule is CCCCOc1ccc(C(F)(F)F)cc1C1=C(N)OC(c2cccnc2)C1=O. The highest BCUT2D eigenvalue weighted by molar-refractivity contribution is 6.25. The first-order valence-electron chi connectivity index (χ1n) is 8.78. The average Bonchev–Trinajstić information content (AvgIpc) is 2.96. The molecule has 2 aromatic rings. The van der Waals surface area contributed by atoms with Gasteiger partial charge in [0.05, 0.1) is 17.7 Å². The number of aromatic nitrogens is 1. The number of ether oxygens (including phenoxy) is 2. The highest BCUT2D eigenvalue weighted by Crippen LogP contribution is 2.41. The van der Waals surface area contributed by atoms with E-state index in [2.05, 4.69) is 4.98 Å². The first-order valence-corrected chi connectivity index (χ1v) is 8.78. The third-order valence-corrected chi connectivity index (χ3v) is 4.29. The predicted octanol–water partition coefficient (Wildman–Crippen LogP) is 4.25. The Hall–Kier alpha value is -3.03. The van der Waals surface area contributed by atoms with Crippen LogP contribution < -0.4 is 10.5 Å². The first kappa shape index (κ1) is 19.7. The number of hydrogen-bond donors (Lipinski definition) is 1. The van der Waals surface area contributed by atoms with Gasteiger partial charge in [-0.25, -0.2) is 0 Å². The molecule has 1 unspecified atom stereocenters. The molecule has 28 heavy (non-hydrogen) atoms. The molecule has 2 heterocycles. The molecular formula is C20H19F3N2O3. The molecule has 1 aromatic carbocycles. The normalized spacial score (nSPS) is 17.0. The van der Waals surface area contributed by atoms with Crippen molar-refractivity contribution < 1.29 is 27.4 Å². The van der Waals surface area contributed by atoms with Gasteiger partial charge in [-0.1, -0.05) is 19.4 Å². The highest BCUT2D eigenvalue weighted by Gasteiger charge is 2.39. The fraction of sp³-hybridized carbons (Fsp3) is 0.300. The summed E-state index contributed by atoms with van der Waals surface area (Å²) in [6.07, 6.45) is -1.07. The summed E-state index contributed by atoms with van der Waals surface area (Å²) in [7, 11) is 0. The van der Waals surface area contributed by atoms with Gasteiger partial charge in [-0.2, -0.15) is 13.2 Å². The van der Waals surface area contributed by atoms with Gasteiger partial charge in [0.2, 0.25) is 5.78 Å². The van der Waals surface area contributed by atoms with E-state index in [1.807, 2.05) is 6.92 Å². The van der Waals surface area contributed by atoms with Crippen molar-refractivity contribution in [1.29, 1.82) is 0 Å². The van der Waals surface area contributed by atoms with Crippen molar-refractivity contribution in [3.63, 3.8) is 0 Å². The molecule has 0 saturated heterocycles. The standard InChI is InChI=1S/C20H19F3N2O3/c1-2-3-9-27-15-7-6-13(20(21,22)23)10-14(15)16-17(26)18(28-19(16)24)12-5-4-8-25-11-12/h4-8,10-11,18H,2-3,9,24H2,1H3. The molecule has 2 N–H and O–H groups in total. The van der Waals surface area contributed by atoms with Gasteiger partial charge in [0.25, 0.3) is 0 Å². The number of halogens is 3. The van der Waals surface area contributed by atoms with E-state index in [4.69, 9.17) is 15.2 Å². The van der Waals surface area contributed by atoms with E-state index in [1.54, 1.807) is 12.1 Å². The van der Waals surface area contributed by atoms with Gasteiger partial charge >= 0.3 is 6.18 Å². The summed E-state index contributed by atoms with van der Waals surface area (Å²) >= 11 is 0. The van der Waals surface area contributed by atoms with Crippen LogP contribution in [-0.2, 0) is 15.7 Å². The Morgan fingerprint density at radius 2 is 2.07 bits per heavy atom. The van der Waals surface area contributed by atoms with Crippen molar-refractivity contribution in [3.8, 4) is 5.75 Å².